The van der Waals surface area contributed by atoms with Gasteiger partial charge in [-0.25, -0.2) is 0 Å². The van der Waals surface area contributed by atoms with Crippen molar-refractivity contribution >= 4 is 17.5 Å². The number of piperidine rings is 1. The van der Waals surface area contributed by atoms with Crippen LogP contribution < -0.4 is 15.4 Å². The molecule has 0 bridgehead atoms. The Morgan fingerprint density at radius 3 is 2.86 bits per heavy atom. The quantitative estimate of drug-likeness (QED) is 0.624. The highest BCUT2D eigenvalue weighted by Crippen LogP contribution is 2.30. The van der Waals surface area contributed by atoms with Crippen molar-refractivity contribution in [1.82, 2.24) is 10.6 Å². The molecule has 2 amide bonds. The van der Waals surface area contributed by atoms with E-state index in [0.29, 0.717) is 19.4 Å². The molecule has 0 aliphatic carbocycles. The summed E-state index contributed by atoms with van der Waals surface area (Å²) < 4.78 is 4.99. The molecule has 1 saturated heterocycles. The SMILES string of the molecule is COc1c(C(=O)NC2CCC(=O)NC2)cccc1[N+](=O)[O-]. The highest BCUT2D eigenvalue weighted by Gasteiger charge is 2.25. The van der Waals surface area contributed by atoms with Crippen molar-refractivity contribution in [2.24, 2.45) is 0 Å². The number of hydrogen-bond donors (Lipinski definition) is 2. The fourth-order valence-corrected chi connectivity index (χ4v) is 2.18. The minimum atomic E-state index is -0.601. The van der Waals surface area contributed by atoms with Crippen molar-refractivity contribution in [3.8, 4) is 5.75 Å². The van der Waals surface area contributed by atoms with E-state index in [9.17, 15) is 19.7 Å². The van der Waals surface area contributed by atoms with Crippen LogP contribution in [0.25, 0.3) is 0 Å². The number of carbonyl (C=O) groups is 2. The molecule has 0 radical (unpaired) electrons. The number of nitrogens with one attached hydrogen (secondary N) is 2. The molecular weight excluding hydrogens is 278 g/mol. The lowest BCUT2D eigenvalue weighted by Crippen LogP contribution is -2.47. The average Bonchev–Trinajstić information content (AvgIpc) is 2.48. The Morgan fingerprint density at radius 1 is 1.52 bits per heavy atom. The van der Waals surface area contributed by atoms with Gasteiger partial charge in [0.1, 0.15) is 0 Å². The van der Waals surface area contributed by atoms with Gasteiger partial charge in [0.25, 0.3) is 5.91 Å². The van der Waals surface area contributed by atoms with Crippen LogP contribution >= 0.6 is 0 Å². The van der Waals surface area contributed by atoms with Gasteiger partial charge in [-0.2, -0.15) is 0 Å². The summed E-state index contributed by atoms with van der Waals surface area (Å²) in [5, 5.41) is 16.3. The summed E-state index contributed by atoms with van der Waals surface area (Å²) in [6.07, 6.45) is 0.881. The van der Waals surface area contributed by atoms with Gasteiger partial charge in [0.05, 0.1) is 17.6 Å². The number of carbonyl (C=O) groups excluding carboxylic acids is 2. The first kappa shape index (κ1) is 14.8. The second kappa shape index (κ2) is 6.21. The van der Waals surface area contributed by atoms with Crippen LogP contribution in [-0.2, 0) is 4.79 Å². The van der Waals surface area contributed by atoms with Crippen LogP contribution in [-0.4, -0.2) is 36.4 Å². The van der Waals surface area contributed by atoms with Crippen LogP contribution in [0.4, 0.5) is 5.69 Å². The first-order valence-corrected chi connectivity index (χ1v) is 6.42. The van der Waals surface area contributed by atoms with Gasteiger partial charge in [0.15, 0.2) is 0 Å². The van der Waals surface area contributed by atoms with Gasteiger partial charge in [0, 0.05) is 25.1 Å². The fraction of sp³-hybridized carbons (Fsp3) is 0.385. The minimum absolute atomic E-state index is 0.0478. The molecule has 1 aromatic carbocycles. The van der Waals surface area contributed by atoms with Gasteiger partial charge < -0.3 is 15.4 Å². The van der Waals surface area contributed by atoms with Crippen molar-refractivity contribution in [3.05, 3.63) is 33.9 Å². The van der Waals surface area contributed by atoms with Crippen LogP contribution in [0.15, 0.2) is 18.2 Å². The number of hydrogen-bond acceptors (Lipinski definition) is 5. The molecule has 2 N–H and O–H groups in total. The van der Waals surface area contributed by atoms with Gasteiger partial charge >= 0.3 is 5.69 Å². The Bertz CT molecular complexity index is 577. The lowest BCUT2D eigenvalue weighted by atomic mass is 10.1. The highest BCUT2D eigenvalue weighted by atomic mass is 16.6. The Hall–Kier alpha value is -2.64. The normalized spacial score (nSPS) is 17.8. The molecule has 1 aliphatic rings. The van der Waals surface area contributed by atoms with E-state index in [-0.39, 0.29) is 28.9 Å². The number of nitro groups is 1. The van der Waals surface area contributed by atoms with Crippen LogP contribution in [0.5, 0.6) is 5.75 Å². The van der Waals surface area contributed by atoms with E-state index in [2.05, 4.69) is 10.6 Å². The summed E-state index contributed by atoms with van der Waals surface area (Å²) in [6.45, 7) is 0.349. The molecule has 1 heterocycles. The first-order valence-electron chi connectivity index (χ1n) is 6.42. The highest BCUT2D eigenvalue weighted by molar-refractivity contribution is 5.98. The molecular formula is C13H15N3O5. The predicted molar refractivity (Wildman–Crippen MR) is 73.1 cm³/mol. The van der Waals surface area contributed by atoms with E-state index in [1.807, 2.05) is 0 Å². The third-order valence-corrected chi connectivity index (χ3v) is 3.24. The Balaban J connectivity index is 2.17. The topological polar surface area (TPSA) is 111 Å². The van der Waals surface area contributed by atoms with Crippen molar-refractivity contribution in [2.75, 3.05) is 13.7 Å². The summed E-state index contributed by atoms with van der Waals surface area (Å²) >= 11 is 0. The number of ether oxygens (including phenoxy) is 1. The summed E-state index contributed by atoms with van der Waals surface area (Å²) in [5.41, 5.74) is -0.161. The molecule has 8 nitrogen and oxygen atoms in total. The molecule has 1 atom stereocenters. The van der Waals surface area contributed by atoms with Gasteiger partial charge in [-0.05, 0) is 12.5 Å². The maximum absolute atomic E-state index is 12.2. The van der Waals surface area contributed by atoms with Gasteiger partial charge in [-0.15, -0.1) is 0 Å². The predicted octanol–water partition coefficient (Wildman–Crippen LogP) is 0.612. The number of rotatable bonds is 4. The number of nitro benzene ring substituents is 1. The van der Waals surface area contributed by atoms with Crippen molar-refractivity contribution in [2.45, 2.75) is 18.9 Å². The molecule has 0 spiro atoms. The lowest BCUT2D eigenvalue weighted by Gasteiger charge is -2.23. The smallest absolute Gasteiger partial charge is 0.311 e. The average molecular weight is 293 g/mol. The largest absolute Gasteiger partial charge is 0.490 e. The second-order valence-electron chi connectivity index (χ2n) is 4.63. The van der Waals surface area contributed by atoms with Gasteiger partial charge in [-0.3, -0.25) is 19.7 Å². The van der Waals surface area contributed by atoms with Crippen LogP contribution in [0.1, 0.15) is 23.2 Å². The standard InChI is InChI=1S/C13H15N3O5/c1-21-12-9(3-2-4-10(12)16(19)20)13(18)15-8-5-6-11(17)14-7-8/h2-4,8H,5-7H2,1H3,(H,14,17)(H,15,18). The van der Waals surface area contributed by atoms with E-state index in [1.165, 1.54) is 25.3 Å². The van der Waals surface area contributed by atoms with E-state index in [4.69, 9.17) is 4.74 Å². The lowest BCUT2D eigenvalue weighted by molar-refractivity contribution is -0.385. The fourth-order valence-electron chi connectivity index (χ4n) is 2.18. The molecule has 21 heavy (non-hydrogen) atoms. The monoisotopic (exact) mass is 293 g/mol. The summed E-state index contributed by atoms with van der Waals surface area (Å²) in [7, 11) is 1.28. The maximum atomic E-state index is 12.2. The van der Waals surface area contributed by atoms with Crippen LogP contribution in [0.3, 0.4) is 0 Å². The number of amides is 2. The molecule has 1 fully saturated rings. The van der Waals surface area contributed by atoms with Crippen molar-refractivity contribution in [3.63, 3.8) is 0 Å². The molecule has 1 aromatic rings. The third-order valence-electron chi connectivity index (χ3n) is 3.24. The number of methoxy groups -OCH3 is 1. The number of para-hydroxylation sites is 1. The zero-order valence-corrected chi connectivity index (χ0v) is 11.4. The van der Waals surface area contributed by atoms with E-state index in [0.717, 1.165) is 0 Å². The second-order valence-corrected chi connectivity index (χ2v) is 4.63. The molecule has 0 aromatic heterocycles. The summed E-state index contributed by atoms with van der Waals surface area (Å²) in [4.78, 5) is 33.6. The summed E-state index contributed by atoms with van der Waals surface area (Å²) in [6, 6.07) is 3.97. The zero-order valence-electron chi connectivity index (χ0n) is 11.4. The van der Waals surface area contributed by atoms with Crippen molar-refractivity contribution < 1.29 is 19.2 Å². The first-order chi connectivity index (χ1) is 10.0. The van der Waals surface area contributed by atoms with Gasteiger partial charge in [-0.1, -0.05) is 6.07 Å². The van der Waals surface area contributed by atoms with Crippen molar-refractivity contribution in [1.29, 1.82) is 0 Å². The Morgan fingerprint density at radius 2 is 2.29 bits per heavy atom. The molecule has 1 unspecified atom stereocenters. The van der Waals surface area contributed by atoms with Crippen LogP contribution in [0.2, 0.25) is 0 Å². The van der Waals surface area contributed by atoms with E-state index >= 15 is 0 Å². The molecule has 8 heteroatoms. The van der Waals surface area contributed by atoms with E-state index in [1.54, 1.807) is 0 Å². The molecule has 1 aliphatic heterocycles. The van der Waals surface area contributed by atoms with Gasteiger partial charge in [0.2, 0.25) is 11.7 Å². The number of nitrogens with zero attached hydrogens (tertiary/aromatic N) is 1. The molecule has 112 valence electrons. The Kier molecular flexibility index (Phi) is 4.36. The zero-order chi connectivity index (χ0) is 15.4. The summed E-state index contributed by atoms with van der Waals surface area (Å²) in [5.74, 6) is -0.579. The van der Waals surface area contributed by atoms with Crippen LogP contribution in [0, 0.1) is 10.1 Å². The molecule has 0 saturated carbocycles. The Labute approximate surface area is 120 Å². The number of benzene rings is 1. The third kappa shape index (κ3) is 3.28. The minimum Gasteiger partial charge on any atom is -0.490 e. The van der Waals surface area contributed by atoms with E-state index < -0.39 is 10.8 Å². The maximum Gasteiger partial charge on any atom is 0.311 e. The molecule has 2 rings (SSSR count).